The highest BCUT2D eigenvalue weighted by molar-refractivity contribution is 7.89. The zero-order valence-corrected chi connectivity index (χ0v) is 12.5. The highest BCUT2D eigenvalue weighted by Crippen LogP contribution is 2.15. The molecule has 1 amide bonds. The fourth-order valence-corrected chi connectivity index (χ4v) is 3.00. The third kappa shape index (κ3) is 5.23. The Bertz CT molecular complexity index is 525. The van der Waals surface area contributed by atoms with Gasteiger partial charge in [-0.05, 0) is 6.92 Å². The van der Waals surface area contributed by atoms with E-state index in [1.54, 1.807) is 19.2 Å². The van der Waals surface area contributed by atoms with Crippen LogP contribution in [0.4, 0.5) is 0 Å². The number of rotatable bonds is 7. The zero-order valence-electron chi connectivity index (χ0n) is 10.8. The molecule has 19 heavy (non-hydrogen) atoms. The minimum atomic E-state index is -3.32. The standard InChI is InChI=1S/C10H18N4O3S2/c1-3-13-19(16,17)5-4-12-9(15)8-6-18-10(14-8)7(2)11/h6-7,13H,3-5,11H2,1-2H3,(H,12,15). The molecule has 0 saturated heterocycles. The molecule has 0 spiro atoms. The van der Waals surface area contributed by atoms with E-state index in [9.17, 15) is 13.2 Å². The van der Waals surface area contributed by atoms with Gasteiger partial charge in [0, 0.05) is 18.5 Å². The van der Waals surface area contributed by atoms with Crippen LogP contribution in [0.3, 0.4) is 0 Å². The molecule has 9 heteroatoms. The van der Waals surface area contributed by atoms with Crippen molar-refractivity contribution in [2.45, 2.75) is 19.9 Å². The van der Waals surface area contributed by atoms with Gasteiger partial charge in [0.15, 0.2) is 0 Å². The summed E-state index contributed by atoms with van der Waals surface area (Å²) in [5.74, 6) is -0.550. The summed E-state index contributed by atoms with van der Waals surface area (Å²) in [4.78, 5) is 15.8. The monoisotopic (exact) mass is 306 g/mol. The first-order valence-corrected chi connectivity index (χ1v) is 8.35. The van der Waals surface area contributed by atoms with Crippen molar-refractivity contribution in [3.63, 3.8) is 0 Å². The second-order valence-electron chi connectivity index (χ2n) is 3.93. The number of nitrogens with one attached hydrogen (secondary N) is 2. The third-order valence-electron chi connectivity index (χ3n) is 2.16. The molecule has 1 heterocycles. The summed E-state index contributed by atoms with van der Waals surface area (Å²) < 4.78 is 25.0. The van der Waals surface area contributed by atoms with Crippen LogP contribution in [0.1, 0.15) is 35.4 Å². The molecule has 1 aromatic rings. The van der Waals surface area contributed by atoms with E-state index >= 15 is 0 Å². The minimum absolute atomic E-state index is 0.0409. The molecule has 0 fully saturated rings. The van der Waals surface area contributed by atoms with Gasteiger partial charge in [-0.25, -0.2) is 18.1 Å². The van der Waals surface area contributed by atoms with Gasteiger partial charge in [0.25, 0.3) is 5.91 Å². The average Bonchev–Trinajstić information content (AvgIpc) is 2.77. The number of hydrogen-bond donors (Lipinski definition) is 3. The van der Waals surface area contributed by atoms with Crippen LogP contribution in [0, 0.1) is 0 Å². The number of carbonyl (C=O) groups excluding carboxylic acids is 1. The number of thiazole rings is 1. The van der Waals surface area contributed by atoms with Crippen LogP contribution in [-0.4, -0.2) is 38.2 Å². The van der Waals surface area contributed by atoms with Crippen LogP contribution in [0.2, 0.25) is 0 Å². The molecule has 0 aliphatic carbocycles. The molecule has 0 radical (unpaired) electrons. The Labute approximate surface area is 116 Å². The maximum Gasteiger partial charge on any atom is 0.270 e. The number of carbonyl (C=O) groups is 1. The highest BCUT2D eigenvalue weighted by atomic mass is 32.2. The van der Waals surface area contributed by atoms with Gasteiger partial charge in [-0.15, -0.1) is 11.3 Å². The van der Waals surface area contributed by atoms with Crippen molar-refractivity contribution in [1.82, 2.24) is 15.0 Å². The Hall–Kier alpha value is -1.03. The van der Waals surface area contributed by atoms with Crippen molar-refractivity contribution in [2.75, 3.05) is 18.8 Å². The lowest BCUT2D eigenvalue weighted by molar-refractivity contribution is 0.0951. The lowest BCUT2D eigenvalue weighted by Crippen LogP contribution is -2.34. The number of aromatic nitrogens is 1. The van der Waals surface area contributed by atoms with Gasteiger partial charge in [-0.2, -0.15) is 0 Å². The van der Waals surface area contributed by atoms with E-state index in [1.165, 1.54) is 11.3 Å². The van der Waals surface area contributed by atoms with Crippen molar-refractivity contribution in [3.05, 3.63) is 16.1 Å². The number of sulfonamides is 1. The Balaban J connectivity index is 2.47. The molecule has 4 N–H and O–H groups in total. The summed E-state index contributed by atoms with van der Waals surface area (Å²) in [6, 6.07) is -0.222. The molecule has 7 nitrogen and oxygen atoms in total. The van der Waals surface area contributed by atoms with E-state index in [2.05, 4.69) is 15.0 Å². The average molecular weight is 306 g/mol. The van der Waals surface area contributed by atoms with E-state index < -0.39 is 15.9 Å². The minimum Gasteiger partial charge on any atom is -0.350 e. The van der Waals surface area contributed by atoms with Gasteiger partial charge in [-0.3, -0.25) is 4.79 Å². The van der Waals surface area contributed by atoms with Crippen LogP contribution in [0.15, 0.2) is 5.38 Å². The van der Waals surface area contributed by atoms with E-state index in [0.29, 0.717) is 11.6 Å². The third-order valence-corrected chi connectivity index (χ3v) is 4.68. The van der Waals surface area contributed by atoms with Crippen molar-refractivity contribution in [1.29, 1.82) is 0 Å². The zero-order chi connectivity index (χ0) is 14.5. The molecular formula is C10H18N4O3S2. The molecule has 1 rings (SSSR count). The van der Waals surface area contributed by atoms with Crippen molar-refractivity contribution in [2.24, 2.45) is 5.73 Å². The first-order chi connectivity index (χ1) is 8.85. The smallest absolute Gasteiger partial charge is 0.270 e. The number of nitrogens with zero attached hydrogens (tertiary/aromatic N) is 1. The number of nitrogens with two attached hydrogens (primary N) is 1. The lowest BCUT2D eigenvalue weighted by atomic mass is 10.4. The molecule has 0 saturated carbocycles. The fraction of sp³-hybridized carbons (Fsp3) is 0.600. The van der Waals surface area contributed by atoms with Crippen LogP contribution >= 0.6 is 11.3 Å². The van der Waals surface area contributed by atoms with Crippen molar-refractivity contribution < 1.29 is 13.2 Å². The lowest BCUT2D eigenvalue weighted by Gasteiger charge is -2.05. The quantitative estimate of drug-likeness (QED) is 0.647. The van der Waals surface area contributed by atoms with Crippen molar-refractivity contribution >= 4 is 27.3 Å². The Morgan fingerprint density at radius 2 is 2.26 bits per heavy atom. The predicted molar refractivity (Wildman–Crippen MR) is 74.5 cm³/mol. The van der Waals surface area contributed by atoms with Crippen LogP contribution in [-0.2, 0) is 10.0 Å². The molecule has 0 aromatic carbocycles. The Morgan fingerprint density at radius 3 is 2.79 bits per heavy atom. The summed E-state index contributed by atoms with van der Waals surface area (Å²) in [7, 11) is -3.32. The summed E-state index contributed by atoms with van der Waals surface area (Å²) in [5.41, 5.74) is 5.91. The van der Waals surface area contributed by atoms with Crippen LogP contribution < -0.4 is 15.8 Å². The van der Waals surface area contributed by atoms with E-state index in [0.717, 1.165) is 0 Å². The number of hydrogen-bond acceptors (Lipinski definition) is 6. The maximum absolute atomic E-state index is 11.7. The van der Waals surface area contributed by atoms with Gasteiger partial charge >= 0.3 is 0 Å². The van der Waals surface area contributed by atoms with Gasteiger partial charge in [-0.1, -0.05) is 6.92 Å². The molecule has 1 unspecified atom stereocenters. The Kier molecular flexibility index (Phi) is 5.85. The summed E-state index contributed by atoms with van der Waals surface area (Å²) >= 11 is 1.31. The van der Waals surface area contributed by atoms with E-state index in [4.69, 9.17) is 5.73 Å². The molecule has 0 aliphatic rings. The van der Waals surface area contributed by atoms with Crippen molar-refractivity contribution in [3.8, 4) is 0 Å². The maximum atomic E-state index is 11.7. The topological polar surface area (TPSA) is 114 Å². The summed E-state index contributed by atoms with van der Waals surface area (Å²) in [6.45, 7) is 3.85. The SMILES string of the molecule is CCNS(=O)(=O)CCNC(=O)c1csc(C(C)N)n1. The fourth-order valence-electron chi connectivity index (χ4n) is 1.28. The van der Waals surface area contributed by atoms with Gasteiger partial charge in [0.2, 0.25) is 10.0 Å². The number of amides is 1. The largest absolute Gasteiger partial charge is 0.350 e. The molecule has 1 aromatic heterocycles. The second-order valence-corrected chi connectivity index (χ2v) is 6.75. The first kappa shape index (κ1) is 16.0. The molecular weight excluding hydrogens is 288 g/mol. The predicted octanol–water partition coefficient (Wildman–Crippen LogP) is -0.168. The van der Waals surface area contributed by atoms with Crippen LogP contribution in [0.5, 0.6) is 0 Å². The first-order valence-electron chi connectivity index (χ1n) is 5.82. The molecule has 0 aliphatic heterocycles. The molecule has 1 atom stereocenters. The summed E-state index contributed by atoms with van der Waals surface area (Å²) in [5, 5.41) is 4.79. The van der Waals surface area contributed by atoms with E-state index in [-0.39, 0.29) is 24.0 Å². The van der Waals surface area contributed by atoms with Gasteiger partial charge in [0.05, 0.1) is 11.8 Å². The van der Waals surface area contributed by atoms with Crippen LogP contribution in [0.25, 0.3) is 0 Å². The Morgan fingerprint density at radius 1 is 1.58 bits per heavy atom. The molecule has 0 bridgehead atoms. The normalized spacial score (nSPS) is 13.2. The van der Waals surface area contributed by atoms with Gasteiger partial charge < -0.3 is 11.1 Å². The highest BCUT2D eigenvalue weighted by Gasteiger charge is 2.14. The van der Waals surface area contributed by atoms with Gasteiger partial charge in [0.1, 0.15) is 10.7 Å². The van der Waals surface area contributed by atoms with E-state index in [1.807, 2.05) is 0 Å². The summed E-state index contributed by atoms with van der Waals surface area (Å²) in [6.07, 6.45) is 0. The second kappa shape index (κ2) is 6.94. The molecule has 108 valence electrons.